The summed E-state index contributed by atoms with van der Waals surface area (Å²) in [5, 5.41) is 13.7. The Morgan fingerprint density at radius 2 is 1.78 bits per heavy atom. The van der Waals surface area contributed by atoms with Gasteiger partial charge in [0.25, 0.3) is 0 Å². The van der Waals surface area contributed by atoms with E-state index in [4.69, 9.17) is 4.74 Å². The van der Waals surface area contributed by atoms with Crippen molar-refractivity contribution in [2.24, 2.45) is 5.92 Å². The summed E-state index contributed by atoms with van der Waals surface area (Å²) in [4.78, 5) is 0.583. The second-order valence-electron chi connectivity index (χ2n) is 6.32. The van der Waals surface area contributed by atoms with Gasteiger partial charge >= 0.3 is 0 Å². The Morgan fingerprint density at radius 1 is 1.13 bits per heavy atom. The second-order valence-corrected chi connectivity index (χ2v) is 7.60. The summed E-state index contributed by atoms with van der Waals surface area (Å²) in [6.45, 7) is 6.27. The highest BCUT2D eigenvalue weighted by Gasteiger charge is 2.50. The van der Waals surface area contributed by atoms with Crippen LogP contribution < -0.4 is 9.80 Å². The number of quaternary nitrogens is 1. The number of fused-ring (bicyclic) bond motifs is 1. The van der Waals surface area contributed by atoms with Gasteiger partial charge in [0.15, 0.2) is 4.87 Å². The van der Waals surface area contributed by atoms with Crippen LogP contribution in [0.2, 0.25) is 0 Å². The fraction of sp³-hybridized carbons (Fsp3) is 0.368. The Kier molecular flexibility index (Phi) is 4.41. The van der Waals surface area contributed by atoms with Crippen molar-refractivity contribution in [3.8, 4) is 5.75 Å². The van der Waals surface area contributed by atoms with Crippen LogP contribution >= 0.6 is 11.8 Å². The van der Waals surface area contributed by atoms with Gasteiger partial charge in [0.2, 0.25) is 0 Å². The molecule has 1 aliphatic rings. The first-order valence-electron chi connectivity index (χ1n) is 7.98. The van der Waals surface area contributed by atoms with Crippen LogP contribution in [0.25, 0.3) is 0 Å². The maximum absolute atomic E-state index is 13.4. The van der Waals surface area contributed by atoms with Gasteiger partial charge in [-0.05, 0) is 25.1 Å². The van der Waals surface area contributed by atoms with E-state index in [1.165, 1.54) is 4.90 Å². The van der Waals surface area contributed by atoms with Crippen LogP contribution in [0.4, 0.5) is 0 Å². The maximum atomic E-state index is 13.4. The molecule has 0 radical (unpaired) electrons. The lowest BCUT2D eigenvalue weighted by Gasteiger charge is -2.52. The molecule has 4 heteroatoms. The van der Waals surface area contributed by atoms with Crippen LogP contribution in [0, 0.1) is 11.1 Å². The molecule has 0 fully saturated rings. The monoisotopic (exact) mass is 329 g/mol. The highest BCUT2D eigenvalue weighted by Crippen LogP contribution is 2.50. The zero-order valence-corrected chi connectivity index (χ0v) is 14.8. The molecule has 2 aromatic carbocycles. The number of para-hydroxylation sites is 1. The lowest BCUT2D eigenvalue weighted by Crippen LogP contribution is -3.15. The zero-order chi connectivity index (χ0) is 16.6. The molecule has 3 rings (SSSR count). The van der Waals surface area contributed by atoms with Crippen molar-refractivity contribution in [3.63, 3.8) is 0 Å². The van der Waals surface area contributed by atoms with Crippen LogP contribution in [-0.4, -0.2) is 7.11 Å². The molecule has 0 aliphatic carbocycles. The first kappa shape index (κ1) is 16.4. The summed E-state index contributed by atoms with van der Waals surface area (Å²) in [6, 6.07) is 16.0. The molecule has 1 aliphatic heterocycles. The Morgan fingerprint density at radius 3 is 2.48 bits per heavy atom. The van der Waals surface area contributed by atoms with Crippen molar-refractivity contribution in [2.45, 2.75) is 36.6 Å². The van der Waals surface area contributed by atoms with Crippen LogP contribution in [0.3, 0.4) is 0 Å². The molecule has 3 unspecified atom stereocenters. The molecule has 0 spiro atoms. The van der Waals surface area contributed by atoms with Gasteiger partial charge in [-0.15, -0.1) is 0 Å². The van der Waals surface area contributed by atoms with E-state index in [1.807, 2.05) is 43.3 Å². The van der Waals surface area contributed by atoms with Crippen molar-refractivity contribution in [1.29, 1.82) is 0 Å². The molecule has 1 heterocycles. The Balaban J connectivity index is 2.23. The molecular formula is C19H23NO2S. The first-order chi connectivity index (χ1) is 11.0. The van der Waals surface area contributed by atoms with Crippen molar-refractivity contribution >= 4 is 11.8 Å². The van der Waals surface area contributed by atoms with Crippen LogP contribution in [0.1, 0.15) is 37.9 Å². The van der Waals surface area contributed by atoms with E-state index in [9.17, 15) is 5.21 Å². The molecule has 0 bridgehead atoms. The van der Waals surface area contributed by atoms with Gasteiger partial charge in [0.05, 0.1) is 12.7 Å². The predicted molar refractivity (Wildman–Crippen MR) is 94.6 cm³/mol. The number of hydroxylamine groups is 2. The van der Waals surface area contributed by atoms with Gasteiger partial charge in [0, 0.05) is 16.4 Å². The third-order valence-corrected chi connectivity index (χ3v) is 6.54. The van der Waals surface area contributed by atoms with E-state index >= 15 is 0 Å². The third-order valence-electron chi connectivity index (χ3n) is 4.74. The minimum Gasteiger partial charge on any atom is -0.633 e. The van der Waals surface area contributed by atoms with E-state index in [0.717, 1.165) is 16.9 Å². The number of ether oxygens (including phenoxy) is 1. The zero-order valence-electron chi connectivity index (χ0n) is 14.0. The average molecular weight is 329 g/mol. The largest absolute Gasteiger partial charge is 0.633 e. The van der Waals surface area contributed by atoms with Gasteiger partial charge in [-0.3, -0.25) is 0 Å². The summed E-state index contributed by atoms with van der Waals surface area (Å²) < 4.78 is 5.58. The Bertz CT molecular complexity index is 703. The normalized spacial score (nSPS) is 26.9. The Labute approximate surface area is 142 Å². The molecule has 23 heavy (non-hydrogen) atoms. The third kappa shape index (κ3) is 2.45. The fourth-order valence-corrected chi connectivity index (χ4v) is 5.12. The van der Waals surface area contributed by atoms with Crippen molar-refractivity contribution in [3.05, 3.63) is 64.9 Å². The number of hydrogen-bond acceptors (Lipinski definition) is 3. The molecule has 0 saturated carbocycles. The number of thioether (sulfide) groups is 1. The van der Waals surface area contributed by atoms with Gasteiger partial charge in [-0.1, -0.05) is 55.9 Å². The lowest BCUT2D eigenvalue weighted by molar-refractivity contribution is -0.929. The first-order valence-corrected chi connectivity index (χ1v) is 8.79. The van der Waals surface area contributed by atoms with Gasteiger partial charge in [0.1, 0.15) is 11.8 Å². The maximum Gasteiger partial charge on any atom is 0.180 e. The number of benzene rings is 2. The summed E-state index contributed by atoms with van der Waals surface area (Å²) in [5.74, 6) is 0.945. The Hall–Kier alpha value is -1.49. The second kappa shape index (κ2) is 6.19. The van der Waals surface area contributed by atoms with Gasteiger partial charge < -0.3 is 15.0 Å². The fourth-order valence-electron chi connectivity index (χ4n) is 3.47. The summed E-state index contributed by atoms with van der Waals surface area (Å²) in [5.41, 5.74) is 2.11. The van der Waals surface area contributed by atoms with Crippen molar-refractivity contribution in [1.82, 2.24) is 0 Å². The molecule has 2 aromatic rings. The van der Waals surface area contributed by atoms with E-state index in [-0.39, 0.29) is 17.0 Å². The number of rotatable bonds is 3. The van der Waals surface area contributed by atoms with Gasteiger partial charge in [-0.25, -0.2) is 0 Å². The summed E-state index contributed by atoms with van der Waals surface area (Å²) in [6.07, 6.45) is 0. The number of methoxy groups -OCH3 is 1. The summed E-state index contributed by atoms with van der Waals surface area (Å²) >= 11 is 1.68. The van der Waals surface area contributed by atoms with Crippen molar-refractivity contribution in [2.75, 3.05) is 7.11 Å². The minimum absolute atomic E-state index is 0.111. The minimum atomic E-state index is -0.611. The standard InChI is InChI=1S/C19H23NO2S/c1-13(2)19(16-10-6-7-11-17(16)22-4)20(21)14(3)15-9-5-8-12-18(15)23-19/h5-14,20H,1-4H3. The molecule has 0 saturated heterocycles. The van der Waals surface area contributed by atoms with Crippen LogP contribution in [-0.2, 0) is 4.87 Å². The molecule has 3 atom stereocenters. The highest BCUT2D eigenvalue weighted by atomic mass is 32.2. The van der Waals surface area contributed by atoms with Crippen LogP contribution in [0.5, 0.6) is 5.75 Å². The molecule has 3 nitrogen and oxygen atoms in total. The molecule has 1 N–H and O–H groups in total. The lowest BCUT2D eigenvalue weighted by atomic mass is 9.91. The number of nitrogens with one attached hydrogen (secondary N) is 1. The van der Waals surface area contributed by atoms with E-state index in [1.54, 1.807) is 18.9 Å². The SMILES string of the molecule is COc1ccccc1C1(C(C)C)Sc2ccccc2C(C)[NH+]1[O-]. The predicted octanol–water partition coefficient (Wildman–Crippen LogP) is 3.75. The molecule has 0 amide bonds. The van der Waals surface area contributed by atoms with Crippen molar-refractivity contribution < 1.29 is 9.80 Å². The average Bonchev–Trinajstić information content (AvgIpc) is 2.58. The molecule has 0 aromatic heterocycles. The molecule has 122 valence electrons. The van der Waals surface area contributed by atoms with Gasteiger partial charge in [-0.2, -0.15) is 0 Å². The summed E-state index contributed by atoms with van der Waals surface area (Å²) in [7, 11) is 1.67. The highest BCUT2D eigenvalue weighted by molar-refractivity contribution is 8.00. The van der Waals surface area contributed by atoms with Crippen LogP contribution in [0.15, 0.2) is 53.4 Å². The quantitative estimate of drug-likeness (QED) is 0.871. The van der Waals surface area contributed by atoms with E-state index < -0.39 is 4.87 Å². The molecular weight excluding hydrogens is 306 g/mol. The van der Waals surface area contributed by atoms with E-state index in [2.05, 4.69) is 26.0 Å². The smallest absolute Gasteiger partial charge is 0.180 e. The van der Waals surface area contributed by atoms with E-state index in [0.29, 0.717) is 0 Å². The topological polar surface area (TPSA) is 36.7 Å². The number of hydrogen-bond donors (Lipinski definition) is 1.